The van der Waals surface area contributed by atoms with Crippen molar-refractivity contribution in [3.63, 3.8) is 0 Å². The lowest BCUT2D eigenvalue weighted by Gasteiger charge is -2.25. The minimum atomic E-state index is 0.286. The number of hydrogen-bond acceptors (Lipinski definition) is 2. The summed E-state index contributed by atoms with van der Waals surface area (Å²) in [7, 11) is 0. The molecule has 1 aliphatic heterocycles. The first kappa shape index (κ1) is 9.95. The molecule has 12 heavy (non-hydrogen) atoms. The number of nitrogens with one attached hydrogen (secondary N) is 1. The highest BCUT2D eigenvalue weighted by atomic mass is 32.2. The van der Waals surface area contributed by atoms with Gasteiger partial charge in [0, 0.05) is 11.8 Å². The molecule has 1 N–H and O–H groups in total. The first-order valence-electron chi connectivity index (χ1n) is 4.66. The quantitative estimate of drug-likeness (QED) is 0.671. The molecule has 2 heteroatoms. The maximum Gasteiger partial charge on any atom is 0.0686 e. The predicted octanol–water partition coefficient (Wildman–Crippen LogP) is 1.88. The summed E-state index contributed by atoms with van der Waals surface area (Å²) in [5.41, 5.74) is 0. The molecule has 1 heterocycles. The fourth-order valence-electron chi connectivity index (χ4n) is 1.44. The highest BCUT2D eigenvalue weighted by molar-refractivity contribution is 7.99. The molecule has 1 saturated heterocycles. The van der Waals surface area contributed by atoms with E-state index in [4.69, 9.17) is 6.42 Å². The lowest BCUT2D eigenvalue weighted by molar-refractivity contribution is 0.467. The summed E-state index contributed by atoms with van der Waals surface area (Å²) in [4.78, 5) is 0. The van der Waals surface area contributed by atoms with Gasteiger partial charge in [-0.15, -0.1) is 6.42 Å². The van der Waals surface area contributed by atoms with Gasteiger partial charge in [-0.3, -0.25) is 0 Å². The number of thioether (sulfide) groups is 1. The minimum Gasteiger partial charge on any atom is -0.300 e. The highest BCUT2D eigenvalue weighted by Crippen LogP contribution is 2.17. The lowest BCUT2D eigenvalue weighted by atomic mass is 10.1. The van der Waals surface area contributed by atoms with Crippen LogP contribution in [0.3, 0.4) is 0 Å². The summed E-state index contributed by atoms with van der Waals surface area (Å²) < 4.78 is 0. The minimum absolute atomic E-state index is 0.286. The molecule has 0 bridgehead atoms. The van der Waals surface area contributed by atoms with Crippen LogP contribution in [0.1, 0.15) is 26.2 Å². The van der Waals surface area contributed by atoms with Crippen LogP contribution in [-0.4, -0.2) is 23.6 Å². The molecule has 0 aromatic rings. The van der Waals surface area contributed by atoms with Gasteiger partial charge in [0.25, 0.3) is 0 Å². The normalized spacial score (nSPS) is 26.2. The van der Waals surface area contributed by atoms with Gasteiger partial charge in [-0.05, 0) is 25.0 Å². The van der Waals surface area contributed by atoms with Gasteiger partial charge >= 0.3 is 0 Å². The summed E-state index contributed by atoms with van der Waals surface area (Å²) in [5, 5.41) is 3.50. The van der Waals surface area contributed by atoms with Crippen molar-refractivity contribution >= 4 is 11.8 Å². The van der Waals surface area contributed by atoms with Crippen molar-refractivity contribution < 1.29 is 0 Å². The van der Waals surface area contributed by atoms with Crippen molar-refractivity contribution in [3.05, 3.63) is 0 Å². The van der Waals surface area contributed by atoms with Crippen molar-refractivity contribution in [2.45, 2.75) is 38.3 Å². The maximum atomic E-state index is 5.38. The van der Waals surface area contributed by atoms with E-state index in [0.717, 1.165) is 6.42 Å². The van der Waals surface area contributed by atoms with Crippen molar-refractivity contribution in [1.82, 2.24) is 5.32 Å². The SMILES string of the molecule is C#CC(CC)NC1CCCSC1. The Kier molecular flexibility index (Phi) is 4.57. The second-order valence-corrected chi connectivity index (χ2v) is 4.36. The van der Waals surface area contributed by atoms with Gasteiger partial charge in [-0.1, -0.05) is 12.8 Å². The van der Waals surface area contributed by atoms with Gasteiger partial charge in [0.15, 0.2) is 0 Å². The molecule has 68 valence electrons. The van der Waals surface area contributed by atoms with E-state index in [2.05, 4.69) is 18.2 Å². The molecule has 1 rings (SSSR count). The van der Waals surface area contributed by atoms with Crippen LogP contribution in [0.15, 0.2) is 0 Å². The van der Waals surface area contributed by atoms with E-state index in [-0.39, 0.29) is 6.04 Å². The Labute approximate surface area is 79.7 Å². The Hall–Kier alpha value is -0.130. The molecular formula is C10H17NS. The Bertz CT molecular complexity index is 156. The van der Waals surface area contributed by atoms with Crippen LogP contribution in [0.4, 0.5) is 0 Å². The Morgan fingerprint density at radius 3 is 3.08 bits per heavy atom. The maximum absolute atomic E-state index is 5.38. The molecule has 1 aliphatic rings. The summed E-state index contributed by atoms with van der Waals surface area (Å²) >= 11 is 2.03. The van der Waals surface area contributed by atoms with Gasteiger partial charge in [0.05, 0.1) is 6.04 Å². The number of hydrogen-bond donors (Lipinski definition) is 1. The van der Waals surface area contributed by atoms with Crippen LogP contribution in [0.25, 0.3) is 0 Å². The first-order chi connectivity index (χ1) is 5.86. The number of rotatable bonds is 3. The molecule has 2 unspecified atom stereocenters. The Morgan fingerprint density at radius 2 is 2.58 bits per heavy atom. The van der Waals surface area contributed by atoms with Crippen LogP contribution in [0.2, 0.25) is 0 Å². The Morgan fingerprint density at radius 1 is 1.75 bits per heavy atom. The zero-order valence-corrected chi connectivity index (χ0v) is 8.49. The molecule has 0 spiro atoms. The van der Waals surface area contributed by atoms with Gasteiger partial charge in [0.1, 0.15) is 0 Å². The van der Waals surface area contributed by atoms with Gasteiger partial charge in [-0.2, -0.15) is 11.8 Å². The largest absolute Gasteiger partial charge is 0.300 e. The third-order valence-corrected chi connectivity index (χ3v) is 3.42. The summed E-state index contributed by atoms with van der Waals surface area (Å²) in [5.74, 6) is 5.34. The van der Waals surface area contributed by atoms with E-state index in [1.54, 1.807) is 0 Å². The molecule has 0 aromatic carbocycles. The molecule has 0 radical (unpaired) electrons. The topological polar surface area (TPSA) is 12.0 Å². The zero-order valence-electron chi connectivity index (χ0n) is 7.68. The molecule has 0 aromatic heterocycles. The average Bonchev–Trinajstić information content (AvgIpc) is 2.16. The molecule has 2 atom stereocenters. The fraction of sp³-hybridized carbons (Fsp3) is 0.800. The first-order valence-corrected chi connectivity index (χ1v) is 5.82. The van der Waals surface area contributed by atoms with E-state index in [1.807, 2.05) is 11.8 Å². The van der Waals surface area contributed by atoms with Crippen LogP contribution in [0.5, 0.6) is 0 Å². The van der Waals surface area contributed by atoms with Crippen LogP contribution in [-0.2, 0) is 0 Å². The molecule has 1 fully saturated rings. The summed E-state index contributed by atoms with van der Waals surface area (Å²) in [6.07, 6.45) is 9.05. The van der Waals surface area contributed by atoms with E-state index >= 15 is 0 Å². The monoisotopic (exact) mass is 183 g/mol. The van der Waals surface area contributed by atoms with Gasteiger partial charge < -0.3 is 5.32 Å². The second kappa shape index (κ2) is 5.50. The molecule has 1 nitrogen and oxygen atoms in total. The fourth-order valence-corrected chi connectivity index (χ4v) is 2.53. The average molecular weight is 183 g/mol. The smallest absolute Gasteiger partial charge is 0.0686 e. The third kappa shape index (κ3) is 3.08. The predicted molar refractivity (Wildman–Crippen MR) is 56.4 cm³/mol. The third-order valence-electron chi connectivity index (χ3n) is 2.21. The van der Waals surface area contributed by atoms with Gasteiger partial charge in [0.2, 0.25) is 0 Å². The van der Waals surface area contributed by atoms with E-state index in [1.165, 1.54) is 24.3 Å². The molecule has 0 amide bonds. The van der Waals surface area contributed by atoms with Crippen LogP contribution >= 0.6 is 11.8 Å². The number of terminal acetylenes is 1. The molecular weight excluding hydrogens is 166 g/mol. The van der Waals surface area contributed by atoms with Crippen molar-refractivity contribution in [2.75, 3.05) is 11.5 Å². The van der Waals surface area contributed by atoms with Crippen molar-refractivity contribution in [1.29, 1.82) is 0 Å². The highest BCUT2D eigenvalue weighted by Gasteiger charge is 2.15. The van der Waals surface area contributed by atoms with Gasteiger partial charge in [-0.25, -0.2) is 0 Å². The standard InChI is InChI=1S/C10H17NS/c1-3-9(4-2)11-10-6-5-7-12-8-10/h1,9-11H,4-8H2,2H3. The van der Waals surface area contributed by atoms with Crippen molar-refractivity contribution in [3.8, 4) is 12.3 Å². The summed E-state index contributed by atoms with van der Waals surface area (Å²) in [6.45, 7) is 2.13. The lowest BCUT2D eigenvalue weighted by Crippen LogP contribution is -2.40. The molecule has 0 saturated carbocycles. The van der Waals surface area contributed by atoms with E-state index in [9.17, 15) is 0 Å². The van der Waals surface area contributed by atoms with E-state index < -0.39 is 0 Å². The van der Waals surface area contributed by atoms with E-state index in [0.29, 0.717) is 6.04 Å². The van der Waals surface area contributed by atoms with Crippen molar-refractivity contribution in [2.24, 2.45) is 0 Å². The molecule has 0 aliphatic carbocycles. The summed E-state index contributed by atoms with van der Waals surface area (Å²) in [6, 6.07) is 0.943. The zero-order chi connectivity index (χ0) is 8.81. The van der Waals surface area contributed by atoms with Crippen LogP contribution in [0, 0.1) is 12.3 Å². The Balaban J connectivity index is 2.24. The second-order valence-electron chi connectivity index (χ2n) is 3.21. The van der Waals surface area contributed by atoms with Crippen LogP contribution < -0.4 is 5.32 Å².